The van der Waals surface area contributed by atoms with E-state index in [1.165, 1.54) is 11.1 Å². The van der Waals surface area contributed by atoms with Gasteiger partial charge in [-0.05, 0) is 42.7 Å². The van der Waals surface area contributed by atoms with Gasteiger partial charge in [0, 0.05) is 17.8 Å². The van der Waals surface area contributed by atoms with Crippen molar-refractivity contribution in [3.8, 4) is 0 Å². The Morgan fingerprint density at radius 1 is 1.08 bits per heavy atom. The van der Waals surface area contributed by atoms with Crippen LogP contribution in [0.2, 0.25) is 0 Å². The first-order valence-electron chi connectivity index (χ1n) is 8.11. The molecule has 1 aromatic carbocycles. The fourth-order valence-corrected chi connectivity index (χ4v) is 3.82. The van der Waals surface area contributed by atoms with Crippen LogP contribution in [0.25, 0.3) is 21.1 Å². The number of aryl methyl sites for hydroxylation is 2. The standard InChI is InChI=1S/C19H18N4S/c1-3-4-13-8-9-20-11-15(13)22-19-23-18-16(24-19)6-5-14-12(2)7-10-21-17(14)18/h5-11H,3-4H2,1-2H3,(H,22,23). The third-order valence-corrected chi connectivity index (χ3v) is 5.10. The van der Waals surface area contributed by atoms with Crippen LogP contribution in [0.3, 0.4) is 0 Å². The lowest BCUT2D eigenvalue weighted by molar-refractivity contribution is 0.920. The minimum atomic E-state index is 0.881. The maximum Gasteiger partial charge on any atom is 0.188 e. The number of anilines is 2. The van der Waals surface area contributed by atoms with Crippen LogP contribution in [0.15, 0.2) is 42.9 Å². The zero-order valence-electron chi connectivity index (χ0n) is 13.7. The molecule has 4 nitrogen and oxygen atoms in total. The first kappa shape index (κ1) is 15.0. The van der Waals surface area contributed by atoms with Crippen molar-refractivity contribution in [3.63, 3.8) is 0 Å². The molecular weight excluding hydrogens is 316 g/mol. The Labute approximate surface area is 144 Å². The highest BCUT2D eigenvalue weighted by Gasteiger charge is 2.11. The molecule has 1 N–H and O–H groups in total. The molecule has 120 valence electrons. The molecule has 0 unspecified atom stereocenters. The predicted octanol–water partition coefficient (Wildman–Crippen LogP) is 5.24. The van der Waals surface area contributed by atoms with E-state index in [1.807, 2.05) is 24.7 Å². The molecule has 0 atom stereocenters. The lowest BCUT2D eigenvalue weighted by Gasteiger charge is -2.07. The average Bonchev–Trinajstić information content (AvgIpc) is 3.00. The van der Waals surface area contributed by atoms with Gasteiger partial charge in [0.05, 0.1) is 22.1 Å². The predicted molar refractivity (Wildman–Crippen MR) is 101 cm³/mol. The lowest BCUT2D eigenvalue weighted by atomic mass is 10.1. The summed E-state index contributed by atoms with van der Waals surface area (Å²) in [5.41, 5.74) is 5.46. The Bertz CT molecular complexity index is 1020. The van der Waals surface area contributed by atoms with Crippen LogP contribution in [0.4, 0.5) is 10.8 Å². The highest BCUT2D eigenvalue weighted by Crippen LogP contribution is 2.33. The molecule has 0 saturated heterocycles. The van der Waals surface area contributed by atoms with E-state index < -0.39 is 0 Å². The molecule has 0 fully saturated rings. The number of aromatic nitrogens is 3. The maximum absolute atomic E-state index is 4.80. The molecule has 5 heteroatoms. The minimum Gasteiger partial charge on any atom is -0.330 e. The molecule has 4 aromatic rings. The van der Waals surface area contributed by atoms with Crippen LogP contribution in [-0.4, -0.2) is 15.0 Å². The third kappa shape index (κ3) is 2.61. The summed E-state index contributed by atoms with van der Waals surface area (Å²) < 4.78 is 1.14. The summed E-state index contributed by atoms with van der Waals surface area (Å²) in [4.78, 5) is 13.6. The van der Waals surface area contributed by atoms with Crippen LogP contribution < -0.4 is 5.32 Å². The van der Waals surface area contributed by atoms with Crippen LogP contribution in [0.1, 0.15) is 24.5 Å². The van der Waals surface area contributed by atoms with Crippen molar-refractivity contribution in [1.29, 1.82) is 0 Å². The average molecular weight is 334 g/mol. The first-order valence-corrected chi connectivity index (χ1v) is 8.92. The molecule has 3 aromatic heterocycles. The second kappa shape index (κ2) is 6.17. The fourth-order valence-electron chi connectivity index (χ4n) is 2.93. The number of nitrogens with one attached hydrogen (secondary N) is 1. The van der Waals surface area contributed by atoms with Gasteiger partial charge in [-0.2, -0.15) is 0 Å². The summed E-state index contributed by atoms with van der Waals surface area (Å²) >= 11 is 1.65. The molecular formula is C19H18N4S. The zero-order valence-corrected chi connectivity index (χ0v) is 14.5. The zero-order chi connectivity index (χ0) is 16.5. The number of hydrogen-bond donors (Lipinski definition) is 1. The molecule has 24 heavy (non-hydrogen) atoms. The van der Waals surface area contributed by atoms with Gasteiger partial charge in [0.2, 0.25) is 0 Å². The maximum atomic E-state index is 4.80. The van der Waals surface area contributed by atoms with E-state index in [1.54, 1.807) is 11.3 Å². The normalized spacial score (nSPS) is 11.2. The van der Waals surface area contributed by atoms with Crippen LogP contribution in [0, 0.1) is 6.92 Å². The van der Waals surface area contributed by atoms with Gasteiger partial charge >= 0.3 is 0 Å². The summed E-state index contributed by atoms with van der Waals surface area (Å²) in [6.07, 6.45) is 7.70. The monoisotopic (exact) mass is 334 g/mol. The van der Waals surface area contributed by atoms with Crippen molar-refractivity contribution >= 4 is 43.3 Å². The highest BCUT2D eigenvalue weighted by molar-refractivity contribution is 7.22. The fraction of sp³-hybridized carbons (Fsp3) is 0.211. The van der Waals surface area contributed by atoms with Crippen molar-refractivity contribution in [2.24, 2.45) is 0 Å². The van der Waals surface area contributed by atoms with Gasteiger partial charge in [-0.1, -0.05) is 30.7 Å². The van der Waals surface area contributed by atoms with E-state index in [0.717, 1.165) is 44.8 Å². The summed E-state index contributed by atoms with van der Waals surface area (Å²) in [7, 11) is 0. The first-order chi connectivity index (χ1) is 11.8. The van der Waals surface area contributed by atoms with Crippen molar-refractivity contribution in [3.05, 3.63) is 54.0 Å². The third-order valence-electron chi connectivity index (χ3n) is 4.16. The second-order valence-corrected chi connectivity index (χ2v) is 6.89. The van der Waals surface area contributed by atoms with Crippen molar-refractivity contribution in [2.45, 2.75) is 26.7 Å². The Kier molecular flexibility index (Phi) is 3.86. The SMILES string of the molecule is CCCc1ccncc1Nc1nc2c(ccc3c(C)ccnc32)s1. The van der Waals surface area contributed by atoms with Crippen LogP contribution in [-0.2, 0) is 6.42 Å². The van der Waals surface area contributed by atoms with Crippen molar-refractivity contribution < 1.29 is 0 Å². The van der Waals surface area contributed by atoms with Gasteiger partial charge in [0.25, 0.3) is 0 Å². The van der Waals surface area contributed by atoms with E-state index in [0.29, 0.717) is 0 Å². The van der Waals surface area contributed by atoms with Gasteiger partial charge < -0.3 is 5.32 Å². The van der Waals surface area contributed by atoms with Crippen LogP contribution in [0.5, 0.6) is 0 Å². The topological polar surface area (TPSA) is 50.7 Å². The van der Waals surface area contributed by atoms with Gasteiger partial charge in [0.1, 0.15) is 5.52 Å². The highest BCUT2D eigenvalue weighted by atomic mass is 32.1. The summed E-state index contributed by atoms with van der Waals surface area (Å²) in [5.74, 6) is 0. The number of pyridine rings is 2. The quantitative estimate of drug-likeness (QED) is 0.554. The van der Waals surface area contributed by atoms with E-state index in [9.17, 15) is 0 Å². The Hall–Kier alpha value is -2.53. The molecule has 0 bridgehead atoms. The molecule has 0 saturated carbocycles. The minimum absolute atomic E-state index is 0.881. The smallest absolute Gasteiger partial charge is 0.188 e. The number of nitrogens with zero attached hydrogens (tertiary/aromatic N) is 3. The Morgan fingerprint density at radius 3 is 2.88 bits per heavy atom. The van der Waals surface area contributed by atoms with Gasteiger partial charge in [-0.15, -0.1) is 0 Å². The van der Waals surface area contributed by atoms with E-state index in [2.05, 4.69) is 47.3 Å². The van der Waals surface area contributed by atoms with Crippen molar-refractivity contribution in [1.82, 2.24) is 15.0 Å². The van der Waals surface area contributed by atoms with Gasteiger partial charge in [0.15, 0.2) is 5.13 Å². The Morgan fingerprint density at radius 2 is 2.00 bits per heavy atom. The lowest BCUT2D eigenvalue weighted by Crippen LogP contribution is -1.96. The van der Waals surface area contributed by atoms with E-state index >= 15 is 0 Å². The summed E-state index contributed by atoms with van der Waals surface area (Å²) in [6.45, 7) is 4.29. The molecule has 0 amide bonds. The Balaban J connectivity index is 1.79. The second-order valence-electron chi connectivity index (χ2n) is 5.86. The number of rotatable bonds is 4. The van der Waals surface area contributed by atoms with Crippen LogP contribution >= 0.6 is 11.3 Å². The van der Waals surface area contributed by atoms with Gasteiger partial charge in [-0.25, -0.2) is 4.98 Å². The molecule has 4 rings (SSSR count). The number of benzene rings is 1. The molecule has 0 aliphatic carbocycles. The molecule has 0 aliphatic rings. The molecule has 0 radical (unpaired) electrons. The van der Waals surface area contributed by atoms with E-state index in [-0.39, 0.29) is 0 Å². The molecule has 0 spiro atoms. The number of fused-ring (bicyclic) bond motifs is 3. The largest absolute Gasteiger partial charge is 0.330 e. The molecule has 0 aliphatic heterocycles. The summed E-state index contributed by atoms with van der Waals surface area (Å²) in [5, 5.41) is 5.49. The summed E-state index contributed by atoms with van der Waals surface area (Å²) in [6, 6.07) is 8.37. The van der Waals surface area contributed by atoms with Gasteiger partial charge in [-0.3, -0.25) is 9.97 Å². The van der Waals surface area contributed by atoms with E-state index in [4.69, 9.17) is 4.98 Å². The molecule has 3 heterocycles. The number of thiazole rings is 1. The number of hydrogen-bond acceptors (Lipinski definition) is 5. The van der Waals surface area contributed by atoms with Crippen molar-refractivity contribution in [2.75, 3.05) is 5.32 Å².